The highest BCUT2D eigenvalue weighted by molar-refractivity contribution is 7.20. The van der Waals surface area contributed by atoms with Crippen molar-refractivity contribution in [2.75, 3.05) is 0 Å². The number of hydrogen-bond acceptors (Lipinski definition) is 1. The van der Waals surface area contributed by atoms with E-state index in [1.807, 2.05) is 6.07 Å². The fourth-order valence-electron chi connectivity index (χ4n) is 9.94. The van der Waals surface area contributed by atoms with Gasteiger partial charge in [-0.2, -0.15) is 0 Å². The molecule has 0 bridgehead atoms. The van der Waals surface area contributed by atoms with Crippen molar-refractivity contribution in [3.63, 3.8) is 0 Å². The molecular weight excluding hydrogens is 721 g/mol. The van der Waals surface area contributed by atoms with Crippen LogP contribution >= 0.6 is 0 Å². The van der Waals surface area contributed by atoms with E-state index in [1.54, 1.807) is 0 Å². The van der Waals surface area contributed by atoms with Crippen LogP contribution in [0.5, 0.6) is 0 Å². The lowest BCUT2D eigenvalue weighted by atomic mass is 10.1. The van der Waals surface area contributed by atoms with Gasteiger partial charge >= 0.3 is 0 Å². The summed E-state index contributed by atoms with van der Waals surface area (Å²) >= 11 is 0. The van der Waals surface area contributed by atoms with Gasteiger partial charge in [0.15, 0.2) is 8.07 Å². The van der Waals surface area contributed by atoms with Gasteiger partial charge in [0.05, 0.1) is 22.1 Å². The Hall–Kier alpha value is -7.40. The summed E-state index contributed by atoms with van der Waals surface area (Å²) in [5, 5.41) is 12.7. The average Bonchev–Trinajstić information content (AvgIpc) is 3.96. The van der Waals surface area contributed by atoms with Gasteiger partial charge in [0.25, 0.3) is 0 Å². The molecule has 0 amide bonds. The zero-order valence-electron chi connectivity index (χ0n) is 31.6. The van der Waals surface area contributed by atoms with Crippen LogP contribution < -0.4 is 20.7 Å². The molecule has 272 valence electrons. The number of nitrogens with zero attached hydrogens (tertiary/aromatic N) is 2. The fourth-order valence-corrected chi connectivity index (χ4v) is 14.9. The fraction of sp³-hybridized carbons (Fsp3) is 0. The minimum Gasteiger partial charge on any atom is -0.456 e. The second-order valence-corrected chi connectivity index (χ2v) is 19.0. The van der Waals surface area contributed by atoms with Gasteiger partial charge in [-0.15, -0.1) is 0 Å². The Morgan fingerprint density at radius 1 is 0.293 bits per heavy atom. The van der Waals surface area contributed by atoms with Crippen LogP contribution in [0.25, 0.3) is 76.9 Å². The number of fused-ring (bicyclic) bond motifs is 10. The zero-order valence-corrected chi connectivity index (χ0v) is 32.6. The molecule has 9 aromatic carbocycles. The van der Waals surface area contributed by atoms with E-state index in [-0.39, 0.29) is 0 Å². The normalized spacial score (nSPS) is 12.1. The van der Waals surface area contributed by atoms with Crippen LogP contribution in [0.1, 0.15) is 0 Å². The number of hydrogen-bond donors (Lipinski definition) is 0. The van der Waals surface area contributed by atoms with Gasteiger partial charge in [-0.3, -0.25) is 0 Å². The van der Waals surface area contributed by atoms with Crippen molar-refractivity contribution in [3.05, 3.63) is 218 Å². The van der Waals surface area contributed by atoms with E-state index in [0.29, 0.717) is 0 Å². The van der Waals surface area contributed by atoms with Crippen molar-refractivity contribution in [1.82, 2.24) is 9.13 Å². The van der Waals surface area contributed by atoms with E-state index in [4.69, 9.17) is 4.42 Å². The first kappa shape index (κ1) is 32.8. The van der Waals surface area contributed by atoms with Crippen molar-refractivity contribution < 1.29 is 4.42 Å². The number of benzene rings is 9. The Morgan fingerprint density at radius 2 is 0.776 bits per heavy atom. The van der Waals surface area contributed by atoms with Crippen LogP contribution in [-0.4, -0.2) is 17.2 Å². The van der Waals surface area contributed by atoms with Gasteiger partial charge in [-0.1, -0.05) is 158 Å². The molecule has 0 saturated carbocycles. The van der Waals surface area contributed by atoms with Crippen molar-refractivity contribution in [2.24, 2.45) is 0 Å². The van der Waals surface area contributed by atoms with Crippen molar-refractivity contribution in [3.8, 4) is 11.4 Å². The molecule has 0 aliphatic heterocycles. The molecule has 0 fully saturated rings. The summed E-state index contributed by atoms with van der Waals surface area (Å²) in [6.07, 6.45) is 0. The highest BCUT2D eigenvalue weighted by Gasteiger charge is 2.43. The summed E-state index contributed by atoms with van der Waals surface area (Å²) < 4.78 is 11.2. The lowest BCUT2D eigenvalue weighted by Crippen LogP contribution is -2.74. The van der Waals surface area contributed by atoms with Gasteiger partial charge in [0.2, 0.25) is 0 Å². The Morgan fingerprint density at radius 3 is 1.43 bits per heavy atom. The molecule has 3 aromatic heterocycles. The number of furan rings is 1. The summed E-state index contributed by atoms with van der Waals surface area (Å²) in [6.45, 7) is 0. The van der Waals surface area contributed by atoms with Crippen LogP contribution in [0.2, 0.25) is 0 Å². The van der Waals surface area contributed by atoms with Crippen LogP contribution in [-0.2, 0) is 0 Å². The minimum absolute atomic E-state index is 0.913. The second kappa shape index (κ2) is 12.8. The predicted molar refractivity (Wildman–Crippen MR) is 246 cm³/mol. The van der Waals surface area contributed by atoms with E-state index in [1.165, 1.54) is 69.7 Å². The molecule has 58 heavy (non-hydrogen) atoms. The Kier molecular flexibility index (Phi) is 7.25. The molecule has 0 radical (unpaired) electrons. The molecule has 0 aliphatic rings. The maximum atomic E-state index is 6.38. The highest BCUT2D eigenvalue weighted by Crippen LogP contribution is 2.41. The molecule has 0 atom stereocenters. The van der Waals surface area contributed by atoms with Crippen molar-refractivity contribution in [2.45, 2.75) is 0 Å². The van der Waals surface area contributed by atoms with Gasteiger partial charge in [-0.05, 0) is 81.4 Å². The number of para-hydroxylation sites is 4. The second-order valence-electron chi connectivity index (χ2n) is 15.2. The molecule has 3 nitrogen and oxygen atoms in total. The van der Waals surface area contributed by atoms with Crippen molar-refractivity contribution in [1.29, 1.82) is 0 Å². The molecule has 0 saturated heterocycles. The van der Waals surface area contributed by atoms with E-state index >= 15 is 0 Å². The average molecular weight is 757 g/mol. The Balaban J connectivity index is 1.16. The molecule has 0 spiro atoms. The lowest BCUT2D eigenvalue weighted by Gasteiger charge is -2.35. The summed E-state index contributed by atoms with van der Waals surface area (Å²) in [7, 11) is -2.98. The minimum atomic E-state index is -2.98. The largest absolute Gasteiger partial charge is 0.456 e. The smallest absolute Gasteiger partial charge is 0.180 e. The quantitative estimate of drug-likeness (QED) is 0.122. The molecule has 12 rings (SSSR count). The summed E-state index contributed by atoms with van der Waals surface area (Å²) in [4.78, 5) is 0. The summed E-state index contributed by atoms with van der Waals surface area (Å²) in [5.41, 5.74) is 8.89. The number of aromatic nitrogens is 2. The van der Waals surface area contributed by atoms with Crippen LogP contribution in [0.15, 0.2) is 223 Å². The molecular formula is C54H36N2OSi. The van der Waals surface area contributed by atoms with Crippen molar-refractivity contribution >= 4 is 94.4 Å². The zero-order chi connectivity index (χ0) is 38.2. The first-order valence-electron chi connectivity index (χ1n) is 19.9. The molecule has 0 unspecified atom stereocenters. The van der Waals surface area contributed by atoms with Gasteiger partial charge < -0.3 is 13.6 Å². The Bertz CT molecular complexity index is 3450. The third kappa shape index (κ3) is 4.61. The van der Waals surface area contributed by atoms with Crippen LogP contribution in [0.4, 0.5) is 0 Å². The van der Waals surface area contributed by atoms with E-state index in [0.717, 1.165) is 27.9 Å². The number of rotatable bonds is 6. The van der Waals surface area contributed by atoms with Gasteiger partial charge in [-0.25, -0.2) is 0 Å². The van der Waals surface area contributed by atoms with Crippen LogP contribution in [0.3, 0.4) is 0 Å². The molecule has 4 heteroatoms. The molecule has 12 aromatic rings. The van der Waals surface area contributed by atoms with E-state index in [2.05, 4.69) is 221 Å². The third-order valence-electron chi connectivity index (χ3n) is 12.3. The molecule has 0 aliphatic carbocycles. The first-order valence-corrected chi connectivity index (χ1v) is 21.9. The Labute approximate surface area is 336 Å². The predicted octanol–water partition coefficient (Wildman–Crippen LogP) is 11.2. The SMILES string of the molecule is c1ccc(-n2c3ccccc3c3c([Si](c4ccccc4)(c4ccccc4)c4ccc(-n5c6ccccc6c6c7c(ccc65)oc5ccccc57)cc4)cccc32)cc1. The van der Waals surface area contributed by atoms with E-state index in [9.17, 15) is 0 Å². The molecule has 3 heterocycles. The highest BCUT2D eigenvalue weighted by atomic mass is 28.3. The molecule has 0 N–H and O–H groups in total. The first-order chi connectivity index (χ1) is 28.8. The monoisotopic (exact) mass is 756 g/mol. The maximum absolute atomic E-state index is 6.38. The van der Waals surface area contributed by atoms with Crippen LogP contribution in [0, 0.1) is 0 Å². The summed E-state index contributed by atoms with van der Waals surface area (Å²) in [5.74, 6) is 0. The van der Waals surface area contributed by atoms with Gasteiger partial charge in [0, 0.05) is 43.7 Å². The van der Waals surface area contributed by atoms with Gasteiger partial charge in [0.1, 0.15) is 11.2 Å². The standard InChI is InChI=1S/C54H36N2OSi/c1-4-17-37(18-5-1)55-45-26-13-10-23-42(45)52-47(55)28-16-30-51(52)58(39-19-6-2-7-20-39,40-21-8-3-9-22-40)41-33-31-38(32-34-41)56-46-27-14-11-24-43(46)53-48(56)35-36-50-54(53)44-25-12-15-29-49(44)57-50/h1-36H. The third-order valence-corrected chi connectivity index (χ3v) is 17.1. The summed E-state index contributed by atoms with van der Waals surface area (Å²) in [6, 6.07) is 80.3. The van der Waals surface area contributed by atoms with E-state index < -0.39 is 8.07 Å². The maximum Gasteiger partial charge on any atom is 0.180 e. The lowest BCUT2D eigenvalue weighted by molar-refractivity contribution is 0.669. The topological polar surface area (TPSA) is 23.0 Å².